The molecule has 0 bridgehead atoms. The minimum Gasteiger partial charge on any atom is -0.481 e. The van der Waals surface area contributed by atoms with Gasteiger partial charge in [0.1, 0.15) is 12.6 Å². The van der Waals surface area contributed by atoms with Crippen LogP contribution in [0.5, 0.6) is 0 Å². The summed E-state index contributed by atoms with van der Waals surface area (Å²) >= 11 is 0. The van der Waals surface area contributed by atoms with Gasteiger partial charge in [0.2, 0.25) is 5.91 Å². The molecule has 9 heteroatoms. The third-order valence-corrected chi connectivity index (χ3v) is 5.98. The molecule has 0 radical (unpaired) electrons. The van der Waals surface area contributed by atoms with Crippen molar-refractivity contribution in [1.29, 1.82) is 0 Å². The van der Waals surface area contributed by atoms with Crippen LogP contribution < -0.4 is 10.6 Å². The van der Waals surface area contributed by atoms with E-state index in [1.807, 2.05) is 48.5 Å². The van der Waals surface area contributed by atoms with E-state index >= 15 is 0 Å². The summed E-state index contributed by atoms with van der Waals surface area (Å²) < 4.78 is 31.6. The number of carbonyl (C=O) groups is 3. The molecule has 0 heterocycles. The molecule has 182 valence electrons. The number of alkyl carbamates (subject to hydrolysis) is 1. The molecule has 2 amide bonds. The van der Waals surface area contributed by atoms with Crippen molar-refractivity contribution in [1.82, 2.24) is 10.6 Å². The van der Waals surface area contributed by atoms with Gasteiger partial charge in [0.25, 0.3) is 6.43 Å². The van der Waals surface area contributed by atoms with Crippen molar-refractivity contribution < 1.29 is 33.0 Å². The van der Waals surface area contributed by atoms with Crippen molar-refractivity contribution in [2.75, 3.05) is 13.2 Å². The summed E-state index contributed by atoms with van der Waals surface area (Å²) in [6.07, 6.45) is -4.65. The van der Waals surface area contributed by atoms with Crippen molar-refractivity contribution in [2.24, 2.45) is 11.8 Å². The number of carboxylic acids is 1. The fraction of sp³-hybridized carbons (Fsp3) is 0.400. The first-order valence-electron chi connectivity index (χ1n) is 11.1. The minimum absolute atomic E-state index is 0.102. The fourth-order valence-electron chi connectivity index (χ4n) is 4.15. The Morgan fingerprint density at radius 2 is 1.56 bits per heavy atom. The van der Waals surface area contributed by atoms with E-state index in [2.05, 4.69) is 10.6 Å². The molecule has 0 spiro atoms. The first-order valence-corrected chi connectivity index (χ1v) is 11.1. The quantitative estimate of drug-likeness (QED) is 0.483. The van der Waals surface area contributed by atoms with Crippen LogP contribution in [0.4, 0.5) is 13.6 Å². The molecular formula is C25H28F2N2O5. The van der Waals surface area contributed by atoms with Crippen molar-refractivity contribution in [3.63, 3.8) is 0 Å². The van der Waals surface area contributed by atoms with Crippen LogP contribution in [0.2, 0.25) is 0 Å². The third kappa shape index (κ3) is 5.89. The van der Waals surface area contributed by atoms with Gasteiger partial charge >= 0.3 is 12.1 Å². The Morgan fingerprint density at radius 1 is 1.00 bits per heavy atom. The summed E-state index contributed by atoms with van der Waals surface area (Å²) in [6.45, 7) is 3.38. The highest BCUT2D eigenvalue weighted by Crippen LogP contribution is 2.44. The number of fused-ring (bicyclic) bond motifs is 3. The van der Waals surface area contributed by atoms with Crippen LogP contribution in [0.15, 0.2) is 48.5 Å². The Kier molecular flexibility index (Phi) is 8.20. The Labute approximate surface area is 196 Å². The van der Waals surface area contributed by atoms with Crippen LogP contribution in [-0.2, 0) is 14.3 Å². The molecule has 2 atom stereocenters. The monoisotopic (exact) mass is 474 g/mol. The van der Waals surface area contributed by atoms with Gasteiger partial charge in [-0.05, 0) is 28.2 Å². The first-order chi connectivity index (χ1) is 16.2. The van der Waals surface area contributed by atoms with E-state index in [9.17, 15) is 23.2 Å². The Hall–Kier alpha value is -3.49. The Balaban J connectivity index is 1.58. The van der Waals surface area contributed by atoms with Gasteiger partial charge in [-0.15, -0.1) is 0 Å². The Bertz CT molecular complexity index is 998. The van der Waals surface area contributed by atoms with E-state index in [1.165, 1.54) is 0 Å². The lowest BCUT2D eigenvalue weighted by atomic mass is 9.94. The lowest BCUT2D eigenvalue weighted by molar-refractivity contribution is -0.139. The summed E-state index contributed by atoms with van der Waals surface area (Å²) in [7, 11) is 0. The van der Waals surface area contributed by atoms with Gasteiger partial charge < -0.3 is 20.5 Å². The van der Waals surface area contributed by atoms with Crippen LogP contribution >= 0.6 is 0 Å². The zero-order valence-corrected chi connectivity index (χ0v) is 19.0. The second kappa shape index (κ2) is 11.1. The number of carboxylic acid groups (broad SMARTS) is 1. The zero-order valence-electron chi connectivity index (χ0n) is 19.0. The van der Waals surface area contributed by atoms with Gasteiger partial charge in [0.15, 0.2) is 0 Å². The average Bonchev–Trinajstić information content (AvgIpc) is 3.10. The molecule has 2 aromatic rings. The van der Waals surface area contributed by atoms with Crippen molar-refractivity contribution in [3.8, 4) is 11.1 Å². The zero-order chi connectivity index (χ0) is 24.8. The number of benzene rings is 2. The number of ether oxygens (including phenoxy) is 1. The number of nitrogens with one attached hydrogen (secondary N) is 2. The second-order valence-corrected chi connectivity index (χ2v) is 8.60. The lowest BCUT2D eigenvalue weighted by Crippen LogP contribution is -2.48. The molecule has 1 aliphatic rings. The molecule has 34 heavy (non-hydrogen) atoms. The number of rotatable bonds is 10. The average molecular weight is 475 g/mol. The van der Waals surface area contributed by atoms with Crippen molar-refractivity contribution in [3.05, 3.63) is 59.7 Å². The molecule has 3 N–H and O–H groups in total. The highest BCUT2D eigenvalue weighted by Gasteiger charge is 2.31. The van der Waals surface area contributed by atoms with Crippen molar-refractivity contribution >= 4 is 18.0 Å². The molecule has 2 unspecified atom stereocenters. The van der Waals surface area contributed by atoms with E-state index in [1.54, 1.807) is 13.8 Å². The number of halogens is 2. The van der Waals surface area contributed by atoms with E-state index in [0.717, 1.165) is 22.3 Å². The van der Waals surface area contributed by atoms with Crippen molar-refractivity contribution in [2.45, 2.75) is 38.7 Å². The molecule has 2 aromatic carbocycles. The summed E-state index contributed by atoms with van der Waals surface area (Å²) in [6, 6.07) is 14.0. The molecule has 3 rings (SSSR count). The number of carbonyl (C=O) groups excluding carboxylic acids is 2. The SMILES string of the molecule is CC(C)C(CNC(=O)OCC1c2ccccc2-c2ccccc21)C(=O)NC(CC(=O)O)C(F)F. The highest BCUT2D eigenvalue weighted by atomic mass is 19.3. The third-order valence-electron chi connectivity index (χ3n) is 5.98. The molecular weight excluding hydrogens is 446 g/mol. The smallest absolute Gasteiger partial charge is 0.407 e. The van der Waals surface area contributed by atoms with Gasteiger partial charge in [-0.3, -0.25) is 9.59 Å². The highest BCUT2D eigenvalue weighted by molar-refractivity contribution is 5.81. The molecule has 0 saturated carbocycles. The summed E-state index contributed by atoms with van der Waals surface area (Å²) in [4.78, 5) is 35.7. The predicted octanol–water partition coefficient (Wildman–Crippen LogP) is 4.02. The Morgan fingerprint density at radius 3 is 2.06 bits per heavy atom. The van der Waals surface area contributed by atoms with E-state index in [4.69, 9.17) is 9.84 Å². The standard InChI is InChI=1S/C25H28F2N2O5/c1-14(2)19(24(32)29-21(23(26)27)11-22(30)31)12-28-25(33)34-13-20-17-9-5-3-7-15(17)16-8-4-6-10-18(16)20/h3-10,14,19-21,23H,11-13H2,1-2H3,(H,28,33)(H,29,32)(H,30,31). The number of aliphatic carboxylic acids is 1. The van der Waals surface area contributed by atoms with Gasteiger partial charge in [0, 0.05) is 12.5 Å². The van der Waals surface area contributed by atoms with Gasteiger partial charge in [-0.25, -0.2) is 13.6 Å². The molecule has 0 saturated heterocycles. The van der Waals surface area contributed by atoms with E-state index < -0.39 is 42.8 Å². The van der Waals surface area contributed by atoms with Gasteiger partial charge in [-0.1, -0.05) is 62.4 Å². The number of hydrogen-bond donors (Lipinski definition) is 3. The summed E-state index contributed by atoms with van der Waals surface area (Å²) in [5.41, 5.74) is 4.32. The maximum Gasteiger partial charge on any atom is 0.407 e. The predicted molar refractivity (Wildman–Crippen MR) is 122 cm³/mol. The maximum absolute atomic E-state index is 13.1. The van der Waals surface area contributed by atoms with Crippen LogP contribution in [-0.4, -0.2) is 48.7 Å². The number of hydrogen-bond acceptors (Lipinski definition) is 4. The van der Waals surface area contributed by atoms with E-state index in [-0.39, 0.29) is 25.0 Å². The number of amides is 2. The van der Waals surface area contributed by atoms with Crippen LogP contribution in [0.25, 0.3) is 11.1 Å². The lowest BCUT2D eigenvalue weighted by Gasteiger charge is -2.24. The van der Waals surface area contributed by atoms with Crippen LogP contribution in [0.1, 0.15) is 37.3 Å². The number of alkyl halides is 2. The normalized spacial score (nSPS) is 14.3. The largest absolute Gasteiger partial charge is 0.481 e. The van der Waals surface area contributed by atoms with Gasteiger partial charge in [-0.2, -0.15) is 0 Å². The second-order valence-electron chi connectivity index (χ2n) is 8.60. The first kappa shape index (κ1) is 25.1. The molecule has 0 aliphatic heterocycles. The molecule has 7 nitrogen and oxygen atoms in total. The molecule has 0 fully saturated rings. The fourth-order valence-corrected chi connectivity index (χ4v) is 4.15. The summed E-state index contributed by atoms with van der Waals surface area (Å²) in [5.74, 6) is -3.44. The maximum atomic E-state index is 13.1. The topological polar surface area (TPSA) is 105 Å². The molecule has 0 aromatic heterocycles. The summed E-state index contributed by atoms with van der Waals surface area (Å²) in [5, 5.41) is 13.4. The van der Waals surface area contributed by atoms with Crippen LogP contribution in [0.3, 0.4) is 0 Å². The van der Waals surface area contributed by atoms with Crippen LogP contribution in [0, 0.1) is 11.8 Å². The van der Waals surface area contributed by atoms with E-state index in [0.29, 0.717) is 0 Å². The van der Waals surface area contributed by atoms with Gasteiger partial charge in [0.05, 0.1) is 12.3 Å². The molecule has 1 aliphatic carbocycles. The minimum atomic E-state index is -3.03.